The summed E-state index contributed by atoms with van der Waals surface area (Å²) in [5, 5.41) is 9.81. The van der Waals surface area contributed by atoms with Gasteiger partial charge in [0.2, 0.25) is 17.8 Å². The Labute approximate surface area is 390 Å². The van der Waals surface area contributed by atoms with E-state index in [1.807, 2.05) is 42.5 Å². The van der Waals surface area contributed by atoms with Crippen molar-refractivity contribution < 1.29 is 23.7 Å². The molecule has 3 fully saturated rings. The lowest BCUT2D eigenvalue weighted by molar-refractivity contribution is -0.136. The van der Waals surface area contributed by atoms with E-state index in [4.69, 9.17) is 9.72 Å². The van der Waals surface area contributed by atoms with Gasteiger partial charge in [-0.15, -0.1) is 0 Å². The Morgan fingerprint density at radius 2 is 1.68 bits per heavy atom. The number of piperidine rings is 2. The van der Waals surface area contributed by atoms with Crippen molar-refractivity contribution in [2.24, 2.45) is 0 Å². The zero-order valence-corrected chi connectivity index (χ0v) is 40.1. The maximum absolute atomic E-state index is 13.1. The molecule has 4 aliphatic heterocycles. The van der Waals surface area contributed by atoms with Gasteiger partial charge in [-0.05, 0) is 110 Å². The topological polar surface area (TPSA) is 152 Å². The molecule has 1 unspecified atom stereocenters. The number of rotatable bonds is 15. The fourth-order valence-corrected chi connectivity index (χ4v) is 10.8. The molecule has 1 atom stereocenters. The highest BCUT2D eigenvalue weighted by Gasteiger charge is 2.39. The second-order valence-electron chi connectivity index (χ2n) is 17.7. The number of aromatic nitrogens is 2. The number of halogens is 1. The van der Waals surface area contributed by atoms with Crippen molar-refractivity contribution in [3.63, 3.8) is 0 Å². The number of ether oxygens (including phenoxy) is 1. The molecule has 4 aromatic rings. The van der Waals surface area contributed by atoms with E-state index in [9.17, 15) is 18.9 Å². The Balaban J connectivity index is 0.733. The van der Waals surface area contributed by atoms with Crippen molar-refractivity contribution >= 4 is 74.9 Å². The summed E-state index contributed by atoms with van der Waals surface area (Å²) in [6, 6.07) is 19.4. The van der Waals surface area contributed by atoms with E-state index in [0.717, 1.165) is 111 Å². The number of hydrogen-bond donors (Lipinski definition) is 3. The average Bonchev–Trinajstić information content (AvgIpc) is 3.64. The summed E-state index contributed by atoms with van der Waals surface area (Å²) in [5.74, 6) is 7.47. The fraction of sp³-hybridized carbons (Fsp3) is 0.449. The van der Waals surface area contributed by atoms with Crippen LogP contribution in [0.25, 0.3) is 0 Å². The van der Waals surface area contributed by atoms with Crippen molar-refractivity contribution in [3.05, 3.63) is 88.0 Å². The lowest BCUT2D eigenvalue weighted by atomic mass is 10.0. The highest BCUT2D eigenvalue weighted by Crippen LogP contribution is 2.39. The van der Waals surface area contributed by atoms with Gasteiger partial charge < -0.3 is 34.6 Å². The molecule has 0 spiro atoms. The number of methoxy groups -OCH3 is 1. The normalized spacial score (nSPS) is 18.5. The van der Waals surface area contributed by atoms with Crippen LogP contribution in [0.2, 0.25) is 0 Å². The molecule has 0 aliphatic carbocycles. The number of nitrogens with one attached hydrogen (secondary N) is 3. The Hall–Kier alpha value is -5.26. The fourth-order valence-electron chi connectivity index (χ4n) is 9.40. The molecular weight excluding hydrogens is 905 g/mol. The minimum atomic E-state index is -2.51. The van der Waals surface area contributed by atoms with Gasteiger partial charge in [0.1, 0.15) is 24.8 Å². The first-order valence-corrected chi connectivity index (χ1v) is 26.2. The summed E-state index contributed by atoms with van der Waals surface area (Å²) < 4.78 is 19.5. The van der Waals surface area contributed by atoms with Crippen LogP contribution in [0.5, 0.6) is 5.75 Å². The van der Waals surface area contributed by atoms with Gasteiger partial charge in [-0.3, -0.25) is 24.6 Å². The lowest BCUT2D eigenvalue weighted by Crippen LogP contribution is -2.53. The number of hydrogen-bond acceptors (Lipinski definition) is 12. The molecule has 1 aromatic heterocycles. The molecule has 342 valence electrons. The number of imide groups is 1. The van der Waals surface area contributed by atoms with E-state index in [0.29, 0.717) is 46.6 Å². The van der Waals surface area contributed by atoms with Gasteiger partial charge >= 0.3 is 0 Å². The molecule has 4 aliphatic rings. The van der Waals surface area contributed by atoms with Gasteiger partial charge in [0.25, 0.3) is 5.91 Å². The van der Waals surface area contributed by atoms with Crippen LogP contribution in [0.4, 0.5) is 28.8 Å². The molecule has 14 nitrogen and oxygen atoms in total. The standard InChI is InChI=1S/C49H59BrN9O5P/c1-64-43-31-36(18-19-40(43)53-49-51-32-39(50)46(55-49)52-41-16-9-10-17-44(41)65(2,3)63)57-25-22-35(23-26-57)58-29-27-56(28-30-58)24-11-7-5-4-6-8-13-34-14-12-15-37-38(34)33-59(48(37)62)42-20-21-45(60)54-47(42)61/h9-10,12,14-19,31-32,35,42H,4-7,11,20-30,33H2,1-3H3,(H,54,60,61)(H2,51,52,53,55). The van der Waals surface area contributed by atoms with Crippen molar-refractivity contribution in [3.8, 4) is 17.6 Å². The molecule has 65 heavy (non-hydrogen) atoms. The van der Waals surface area contributed by atoms with Gasteiger partial charge in [-0.2, -0.15) is 4.98 Å². The van der Waals surface area contributed by atoms with Crippen LogP contribution in [0.15, 0.2) is 71.3 Å². The minimum Gasteiger partial charge on any atom is -0.494 e. The number of unbranched alkanes of at least 4 members (excludes halogenated alkanes) is 4. The Morgan fingerprint density at radius 1 is 0.892 bits per heavy atom. The van der Waals surface area contributed by atoms with Crippen molar-refractivity contribution in [2.75, 3.05) is 81.8 Å². The SMILES string of the molecule is COc1cc(N2CCC(N3CCN(CCCCCCC#Cc4cccc5c4CN(C4CCC(=O)NC4=O)C5=O)CC3)CC2)ccc1Nc1ncc(Br)c(Nc2ccccc2P(C)(C)=O)n1. The van der Waals surface area contributed by atoms with E-state index in [2.05, 4.69) is 75.5 Å². The van der Waals surface area contributed by atoms with Crippen LogP contribution < -0.4 is 30.9 Å². The lowest BCUT2D eigenvalue weighted by Gasteiger charge is -2.43. The summed E-state index contributed by atoms with van der Waals surface area (Å²) in [6.45, 7) is 11.5. The van der Waals surface area contributed by atoms with Crippen molar-refractivity contribution in [2.45, 2.75) is 76.4 Å². The molecule has 16 heteroatoms. The largest absolute Gasteiger partial charge is 0.494 e. The van der Waals surface area contributed by atoms with E-state index >= 15 is 0 Å². The first-order chi connectivity index (χ1) is 31.4. The average molecular weight is 965 g/mol. The summed E-state index contributed by atoms with van der Waals surface area (Å²) in [6.07, 6.45) is 9.94. The van der Waals surface area contributed by atoms with Gasteiger partial charge in [0, 0.05) is 99.1 Å². The quantitative estimate of drug-likeness (QED) is 0.0474. The molecule has 0 radical (unpaired) electrons. The van der Waals surface area contributed by atoms with Crippen LogP contribution >= 0.6 is 23.1 Å². The molecule has 3 saturated heterocycles. The second kappa shape index (κ2) is 20.9. The number of nitrogens with zero attached hydrogens (tertiary/aromatic N) is 6. The number of anilines is 5. The van der Waals surface area contributed by atoms with Crippen molar-refractivity contribution in [1.29, 1.82) is 0 Å². The number of carbonyl (C=O) groups is 3. The van der Waals surface area contributed by atoms with Crippen LogP contribution in [0.3, 0.4) is 0 Å². The van der Waals surface area contributed by atoms with E-state index in [1.165, 1.54) is 12.8 Å². The number of benzene rings is 3. The number of piperazine rings is 1. The first-order valence-electron chi connectivity index (χ1n) is 22.8. The molecule has 8 rings (SSSR count). The van der Waals surface area contributed by atoms with E-state index in [1.54, 1.807) is 37.6 Å². The number of fused-ring (bicyclic) bond motifs is 1. The monoisotopic (exact) mass is 963 g/mol. The molecular formula is C49H59BrN9O5P. The predicted octanol–water partition coefficient (Wildman–Crippen LogP) is 7.33. The Bertz CT molecular complexity index is 2510. The van der Waals surface area contributed by atoms with E-state index < -0.39 is 19.1 Å². The summed E-state index contributed by atoms with van der Waals surface area (Å²) in [7, 11) is -0.835. The number of carbonyl (C=O) groups excluding carboxylic acids is 3. The maximum Gasteiger partial charge on any atom is 0.255 e. The highest BCUT2D eigenvalue weighted by atomic mass is 79.9. The molecule has 5 heterocycles. The zero-order chi connectivity index (χ0) is 45.5. The third kappa shape index (κ3) is 11.2. The molecule has 3 N–H and O–H groups in total. The maximum atomic E-state index is 13.1. The Morgan fingerprint density at radius 3 is 2.45 bits per heavy atom. The Kier molecular flexibility index (Phi) is 14.9. The van der Waals surface area contributed by atoms with Gasteiger partial charge in [-0.25, -0.2) is 4.98 Å². The predicted molar refractivity (Wildman–Crippen MR) is 261 cm³/mol. The summed E-state index contributed by atoms with van der Waals surface area (Å²) in [4.78, 5) is 55.8. The van der Waals surface area contributed by atoms with Crippen molar-refractivity contribution in [1.82, 2.24) is 30.0 Å². The summed E-state index contributed by atoms with van der Waals surface area (Å²) in [5.41, 5.74) is 4.98. The van der Waals surface area contributed by atoms with Crippen LogP contribution in [0, 0.1) is 11.8 Å². The molecule has 3 aromatic carbocycles. The first kappa shape index (κ1) is 46.3. The highest BCUT2D eigenvalue weighted by molar-refractivity contribution is 9.10. The number of para-hydroxylation sites is 1. The van der Waals surface area contributed by atoms with E-state index in [-0.39, 0.29) is 18.2 Å². The van der Waals surface area contributed by atoms with Crippen LogP contribution in [-0.4, -0.2) is 121 Å². The molecule has 0 saturated carbocycles. The third-order valence-electron chi connectivity index (χ3n) is 13.0. The molecule has 0 bridgehead atoms. The van der Waals surface area contributed by atoms with Gasteiger partial charge in [-0.1, -0.05) is 42.9 Å². The number of amides is 3. The summed E-state index contributed by atoms with van der Waals surface area (Å²) >= 11 is 3.56. The minimum absolute atomic E-state index is 0.165. The molecule has 3 amide bonds. The zero-order valence-electron chi connectivity index (χ0n) is 37.6. The smallest absolute Gasteiger partial charge is 0.255 e. The van der Waals surface area contributed by atoms with Crippen LogP contribution in [-0.2, 0) is 20.7 Å². The van der Waals surface area contributed by atoms with Crippen LogP contribution in [0.1, 0.15) is 79.3 Å². The van der Waals surface area contributed by atoms with Gasteiger partial charge in [0.05, 0.1) is 23.0 Å². The third-order valence-corrected chi connectivity index (χ3v) is 15.1. The van der Waals surface area contributed by atoms with Gasteiger partial charge in [0.15, 0.2) is 0 Å². The second-order valence-corrected chi connectivity index (χ2v) is 21.7.